The zero-order valence-electron chi connectivity index (χ0n) is 6.55. The Morgan fingerprint density at radius 3 is 2.55 bits per heavy atom. The number of hydrogen-bond donors (Lipinski definition) is 3. The quantitative estimate of drug-likeness (QED) is 0.272. The smallest absolute Gasteiger partial charge is 0.238 e. The lowest BCUT2D eigenvalue weighted by molar-refractivity contribution is -0.126. The summed E-state index contributed by atoms with van der Waals surface area (Å²) in [5.74, 6) is 4.83. The van der Waals surface area contributed by atoms with Gasteiger partial charge in [-0.05, 0) is 12.8 Å². The highest BCUT2D eigenvalue weighted by Crippen LogP contribution is 2.22. The molecule has 0 aromatic heterocycles. The van der Waals surface area contributed by atoms with Crippen molar-refractivity contribution in [2.45, 2.75) is 31.7 Å². The molecule has 1 saturated carbocycles. The fraction of sp³-hybridized carbons (Fsp3) is 0.857. The van der Waals surface area contributed by atoms with Crippen molar-refractivity contribution in [3.8, 4) is 0 Å². The van der Waals surface area contributed by atoms with Gasteiger partial charge in [-0.3, -0.25) is 10.2 Å². The molecule has 0 saturated heterocycles. The molecule has 4 heteroatoms. The zero-order valence-corrected chi connectivity index (χ0v) is 6.55. The Hall–Kier alpha value is -0.610. The molecule has 1 amide bonds. The van der Waals surface area contributed by atoms with Gasteiger partial charge in [0.25, 0.3) is 0 Å². The summed E-state index contributed by atoms with van der Waals surface area (Å²) < 4.78 is 0. The molecule has 0 bridgehead atoms. The first-order valence-electron chi connectivity index (χ1n) is 4.01. The molecule has 0 aromatic rings. The minimum absolute atomic E-state index is 0.00676. The van der Waals surface area contributed by atoms with Gasteiger partial charge in [0.1, 0.15) is 0 Å². The van der Waals surface area contributed by atoms with Crippen LogP contribution in [0.25, 0.3) is 0 Å². The van der Waals surface area contributed by atoms with Crippen LogP contribution in [-0.4, -0.2) is 11.9 Å². The Labute approximate surface area is 66.3 Å². The second-order valence-corrected chi connectivity index (χ2v) is 3.06. The van der Waals surface area contributed by atoms with Gasteiger partial charge in [0, 0.05) is 6.04 Å². The van der Waals surface area contributed by atoms with E-state index in [9.17, 15) is 4.79 Å². The molecule has 1 aliphatic carbocycles. The third-order valence-corrected chi connectivity index (χ3v) is 2.30. The molecule has 2 unspecified atom stereocenters. The first-order valence-corrected chi connectivity index (χ1v) is 4.01. The van der Waals surface area contributed by atoms with E-state index in [1.165, 1.54) is 0 Å². The van der Waals surface area contributed by atoms with Gasteiger partial charge in [-0.25, -0.2) is 5.84 Å². The average Bonchev–Trinajstić information content (AvgIpc) is 2.04. The topological polar surface area (TPSA) is 81.1 Å². The highest BCUT2D eigenvalue weighted by Gasteiger charge is 2.27. The maximum Gasteiger partial charge on any atom is 0.238 e. The molecule has 1 fully saturated rings. The van der Waals surface area contributed by atoms with E-state index in [4.69, 9.17) is 11.6 Å². The standard InChI is InChI=1S/C7H15N3O/c8-6-4-2-1-3-5(6)7(11)10-9/h5-6H,1-4,8-9H2,(H,10,11). The summed E-state index contributed by atoms with van der Waals surface area (Å²) in [6.45, 7) is 0. The molecule has 11 heavy (non-hydrogen) atoms. The third-order valence-electron chi connectivity index (χ3n) is 2.30. The van der Waals surface area contributed by atoms with Gasteiger partial charge in [0.05, 0.1) is 5.92 Å². The SMILES string of the molecule is NNC(=O)C1CCCCC1N. The molecule has 1 rings (SSSR count). The molecule has 0 aliphatic heterocycles. The third kappa shape index (κ3) is 1.91. The van der Waals surface area contributed by atoms with Crippen molar-refractivity contribution in [3.05, 3.63) is 0 Å². The zero-order chi connectivity index (χ0) is 8.27. The van der Waals surface area contributed by atoms with Crippen molar-refractivity contribution in [3.63, 3.8) is 0 Å². The number of hydrogen-bond acceptors (Lipinski definition) is 3. The molecule has 0 spiro atoms. The number of carbonyl (C=O) groups is 1. The van der Waals surface area contributed by atoms with Crippen LogP contribution in [0.3, 0.4) is 0 Å². The maximum absolute atomic E-state index is 11.1. The molecule has 0 aromatic carbocycles. The Bertz CT molecular complexity index is 149. The minimum atomic E-state index is -0.114. The molecule has 1 aliphatic rings. The van der Waals surface area contributed by atoms with Crippen LogP contribution < -0.4 is 17.0 Å². The highest BCUT2D eigenvalue weighted by atomic mass is 16.2. The molecule has 4 nitrogen and oxygen atoms in total. The van der Waals surface area contributed by atoms with E-state index in [1.54, 1.807) is 0 Å². The molecule has 5 N–H and O–H groups in total. The molecule has 64 valence electrons. The number of amides is 1. The summed E-state index contributed by atoms with van der Waals surface area (Å²) in [5, 5.41) is 0. The van der Waals surface area contributed by atoms with Crippen LogP contribution in [0.1, 0.15) is 25.7 Å². The van der Waals surface area contributed by atoms with Crippen molar-refractivity contribution in [2.75, 3.05) is 0 Å². The van der Waals surface area contributed by atoms with Crippen molar-refractivity contribution in [1.82, 2.24) is 5.43 Å². The monoisotopic (exact) mass is 157 g/mol. The van der Waals surface area contributed by atoms with Gasteiger partial charge in [-0.15, -0.1) is 0 Å². The van der Waals surface area contributed by atoms with Crippen LogP contribution in [0.2, 0.25) is 0 Å². The van der Waals surface area contributed by atoms with Crippen molar-refractivity contribution >= 4 is 5.91 Å². The fourth-order valence-corrected chi connectivity index (χ4v) is 1.59. The summed E-state index contributed by atoms with van der Waals surface area (Å²) in [6, 6.07) is 0.00676. The molecule has 0 heterocycles. The van der Waals surface area contributed by atoms with Gasteiger partial charge in [-0.2, -0.15) is 0 Å². The summed E-state index contributed by atoms with van der Waals surface area (Å²) >= 11 is 0. The van der Waals surface area contributed by atoms with Crippen LogP contribution in [0.5, 0.6) is 0 Å². The molecule has 2 atom stereocenters. The highest BCUT2D eigenvalue weighted by molar-refractivity contribution is 5.78. The summed E-state index contributed by atoms with van der Waals surface area (Å²) in [6.07, 6.45) is 4.05. The van der Waals surface area contributed by atoms with E-state index < -0.39 is 0 Å². The number of hydrazine groups is 1. The van der Waals surface area contributed by atoms with Crippen molar-refractivity contribution < 1.29 is 4.79 Å². The van der Waals surface area contributed by atoms with Crippen LogP contribution in [0.4, 0.5) is 0 Å². The normalized spacial score (nSPS) is 31.5. The lowest BCUT2D eigenvalue weighted by atomic mass is 9.85. The molecular formula is C7H15N3O. The minimum Gasteiger partial charge on any atom is -0.327 e. The van der Waals surface area contributed by atoms with E-state index in [0.717, 1.165) is 25.7 Å². The van der Waals surface area contributed by atoms with E-state index in [0.29, 0.717) is 0 Å². The second-order valence-electron chi connectivity index (χ2n) is 3.06. The van der Waals surface area contributed by atoms with Crippen LogP contribution in [0, 0.1) is 5.92 Å². The van der Waals surface area contributed by atoms with E-state index >= 15 is 0 Å². The number of carbonyl (C=O) groups excluding carboxylic acids is 1. The second kappa shape index (κ2) is 3.69. The number of rotatable bonds is 1. The Morgan fingerprint density at radius 1 is 1.36 bits per heavy atom. The van der Waals surface area contributed by atoms with E-state index in [1.807, 2.05) is 0 Å². The van der Waals surface area contributed by atoms with Gasteiger partial charge < -0.3 is 5.73 Å². The van der Waals surface area contributed by atoms with Gasteiger partial charge in [0.2, 0.25) is 5.91 Å². The Morgan fingerprint density at radius 2 is 2.00 bits per heavy atom. The fourth-order valence-electron chi connectivity index (χ4n) is 1.59. The van der Waals surface area contributed by atoms with E-state index in [2.05, 4.69) is 5.43 Å². The van der Waals surface area contributed by atoms with Gasteiger partial charge >= 0.3 is 0 Å². The van der Waals surface area contributed by atoms with Crippen molar-refractivity contribution in [1.29, 1.82) is 0 Å². The number of nitrogens with one attached hydrogen (secondary N) is 1. The Balaban J connectivity index is 2.47. The lowest BCUT2D eigenvalue weighted by Crippen LogP contribution is -2.45. The van der Waals surface area contributed by atoms with Gasteiger partial charge in [0.15, 0.2) is 0 Å². The lowest BCUT2D eigenvalue weighted by Gasteiger charge is -2.26. The maximum atomic E-state index is 11.1. The predicted molar refractivity (Wildman–Crippen MR) is 42.3 cm³/mol. The largest absolute Gasteiger partial charge is 0.327 e. The van der Waals surface area contributed by atoms with E-state index in [-0.39, 0.29) is 17.9 Å². The van der Waals surface area contributed by atoms with Crippen molar-refractivity contribution in [2.24, 2.45) is 17.5 Å². The molecular weight excluding hydrogens is 142 g/mol. The summed E-state index contributed by atoms with van der Waals surface area (Å²) in [5.41, 5.74) is 7.89. The number of nitrogens with two attached hydrogens (primary N) is 2. The van der Waals surface area contributed by atoms with Crippen LogP contribution >= 0.6 is 0 Å². The van der Waals surface area contributed by atoms with Crippen LogP contribution in [-0.2, 0) is 4.79 Å². The first-order chi connectivity index (χ1) is 5.25. The average molecular weight is 157 g/mol. The summed E-state index contributed by atoms with van der Waals surface area (Å²) in [7, 11) is 0. The van der Waals surface area contributed by atoms with Crippen LogP contribution in [0.15, 0.2) is 0 Å². The van der Waals surface area contributed by atoms with Gasteiger partial charge in [-0.1, -0.05) is 12.8 Å². The predicted octanol–water partition coefficient (Wildman–Crippen LogP) is -0.506. The first kappa shape index (κ1) is 8.49. The molecule has 0 radical (unpaired) electrons. The Kier molecular flexibility index (Phi) is 2.84. The summed E-state index contributed by atoms with van der Waals surface area (Å²) in [4.78, 5) is 11.1.